The summed E-state index contributed by atoms with van der Waals surface area (Å²) in [5, 5.41) is 3.36. The highest BCUT2D eigenvalue weighted by Crippen LogP contribution is 2.17. The average molecular weight is 337 g/mol. The van der Waals surface area contributed by atoms with Crippen LogP contribution in [0.1, 0.15) is 11.3 Å². The number of fused-ring (bicyclic) bond motifs is 1. The first-order valence-electron chi connectivity index (χ1n) is 8.31. The van der Waals surface area contributed by atoms with Crippen molar-refractivity contribution in [1.82, 2.24) is 19.9 Å². The number of nitrogens with one attached hydrogen (secondary N) is 1. The third kappa shape index (κ3) is 4.64. The van der Waals surface area contributed by atoms with Crippen LogP contribution in [0.25, 0.3) is 11.0 Å². The summed E-state index contributed by atoms with van der Waals surface area (Å²) in [7, 11) is 4.04. The molecule has 0 spiro atoms. The largest absolute Gasteiger partial charge is 0.476 e. The number of benzene rings is 1. The Hall–Kier alpha value is -2.73. The number of hydrogen-bond acceptors (Lipinski definition) is 6. The van der Waals surface area contributed by atoms with Gasteiger partial charge in [-0.2, -0.15) is 0 Å². The Kier molecular flexibility index (Phi) is 5.40. The predicted molar refractivity (Wildman–Crippen MR) is 99.9 cm³/mol. The minimum Gasteiger partial charge on any atom is -0.476 e. The van der Waals surface area contributed by atoms with Crippen molar-refractivity contribution in [3.05, 3.63) is 53.9 Å². The van der Waals surface area contributed by atoms with E-state index in [-0.39, 0.29) is 0 Å². The van der Waals surface area contributed by atoms with Crippen LogP contribution in [0, 0.1) is 6.92 Å². The fourth-order valence-electron chi connectivity index (χ4n) is 2.41. The lowest BCUT2D eigenvalue weighted by Crippen LogP contribution is -2.19. The quantitative estimate of drug-likeness (QED) is 0.715. The van der Waals surface area contributed by atoms with Crippen molar-refractivity contribution in [2.24, 2.45) is 0 Å². The maximum absolute atomic E-state index is 5.68. The molecule has 3 aromatic rings. The van der Waals surface area contributed by atoms with Gasteiger partial charge in [-0.15, -0.1) is 0 Å². The fraction of sp³-hybridized carbons (Fsp3) is 0.316. The summed E-state index contributed by atoms with van der Waals surface area (Å²) < 4.78 is 5.68. The average Bonchev–Trinajstić information content (AvgIpc) is 2.60. The summed E-state index contributed by atoms with van der Waals surface area (Å²) in [5.74, 6) is 1.44. The van der Waals surface area contributed by atoms with Crippen LogP contribution in [-0.2, 0) is 6.54 Å². The maximum Gasteiger partial charge on any atom is 0.213 e. The minimum atomic E-state index is 0.617. The Bertz CT molecular complexity index is 850. The summed E-state index contributed by atoms with van der Waals surface area (Å²) in [5.41, 5.74) is 3.77. The summed E-state index contributed by atoms with van der Waals surface area (Å²) in [4.78, 5) is 15.6. The van der Waals surface area contributed by atoms with Gasteiger partial charge in [0.1, 0.15) is 12.4 Å². The number of pyridine rings is 1. The number of anilines is 1. The molecule has 0 unspecified atom stereocenters. The number of hydrogen-bond donors (Lipinski definition) is 1. The molecule has 0 aliphatic heterocycles. The van der Waals surface area contributed by atoms with Crippen LogP contribution in [-0.4, -0.2) is 47.1 Å². The highest BCUT2D eigenvalue weighted by Gasteiger charge is 2.05. The van der Waals surface area contributed by atoms with Gasteiger partial charge in [-0.25, -0.2) is 15.0 Å². The molecular weight excluding hydrogens is 314 g/mol. The second kappa shape index (κ2) is 7.90. The Balaban J connectivity index is 1.66. The zero-order chi connectivity index (χ0) is 17.6. The highest BCUT2D eigenvalue weighted by atomic mass is 16.5. The Morgan fingerprint density at radius 3 is 2.60 bits per heavy atom. The molecule has 0 fully saturated rings. The van der Waals surface area contributed by atoms with E-state index in [0.29, 0.717) is 19.0 Å². The summed E-state index contributed by atoms with van der Waals surface area (Å²) in [6.07, 6.45) is 1.76. The molecular formula is C19H23N5O. The van der Waals surface area contributed by atoms with Crippen LogP contribution in [0.3, 0.4) is 0 Å². The molecule has 6 heteroatoms. The smallest absolute Gasteiger partial charge is 0.213 e. The topological polar surface area (TPSA) is 63.2 Å². The van der Waals surface area contributed by atoms with E-state index in [9.17, 15) is 0 Å². The van der Waals surface area contributed by atoms with Gasteiger partial charge in [-0.3, -0.25) is 0 Å². The molecule has 25 heavy (non-hydrogen) atoms. The molecule has 2 heterocycles. The second-order valence-corrected chi connectivity index (χ2v) is 6.15. The van der Waals surface area contributed by atoms with E-state index in [1.54, 1.807) is 6.20 Å². The minimum absolute atomic E-state index is 0.617. The van der Waals surface area contributed by atoms with E-state index in [4.69, 9.17) is 4.74 Å². The second-order valence-electron chi connectivity index (χ2n) is 6.15. The Morgan fingerprint density at radius 2 is 1.84 bits per heavy atom. The maximum atomic E-state index is 5.68. The lowest BCUT2D eigenvalue weighted by Gasteiger charge is -2.12. The van der Waals surface area contributed by atoms with E-state index in [2.05, 4.69) is 25.2 Å². The van der Waals surface area contributed by atoms with E-state index >= 15 is 0 Å². The molecule has 0 saturated heterocycles. The monoisotopic (exact) mass is 337 g/mol. The number of rotatable bonds is 7. The summed E-state index contributed by atoms with van der Waals surface area (Å²) in [6.45, 7) is 4.08. The molecule has 0 atom stereocenters. The zero-order valence-electron chi connectivity index (χ0n) is 14.9. The van der Waals surface area contributed by atoms with Crippen molar-refractivity contribution >= 4 is 16.9 Å². The number of nitrogens with zero attached hydrogens (tertiary/aromatic N) is 4. The first kappa shape index (κ1) is 17.1. The number of likely N-dealkylation sites (N-methyl/N-ethyl adjacent to an activating group) is 1. The highest BCUT2D eigenvalue weighted by molar-refractivity contribution is 5.76. The third-order valence-electron chi connectivity index (χ3n) is 3.79. The predicted octanol–water partition coefficient (Wildman–Crippen LogP) is 2.89. The van der Waals surface area contributed by atoms with Crippen molar-refractivity contribution in [2.45, 2.75) is 13.5 Å². The molecule has 0 radical (unpaired) electrons. The van der Waals surface area contributed by atoms with Gasteiger partial charge in [-0.1, -0.05) is 12.1 Å². The Labute approximate surface area is 147 Å². The SMILES string of the molecule is Cc1nc2ccccc2nc1NCc1ccnc(OCCN(C)C)c1. The van der Waals surface area contributed by atoms with Gasteiger partial charge >= 0.3 is 0 Å². The van der Waals surface area contributed by atoms with E-state index in [0.717, 1.165) is 34.7 Å². The van der Waals surface area contributed by atoms with Crippen molar-refractivity contribution in [3.8, 4) is 5.88 Å². The molecule has 1 N–H and O–H groups in total. The normalized spacial score (nSPS) is 11.0. The first-order chi connectivity index (χ1) is 12.1. The summed E-state index contributed by atoms with van der Waals surface area (Å²) >= 11 is 0. The summed E-state index contributed by atoms with van der Waals surface area (Å²) in [6, 6.07) is 11.8. The van der Waals surface area contributed by atoms with E-state index < -0.39 is 0 Å². The third-order valence-corrected chi connectivity index (χ3v) is 3.79. The fourth-order valence-corrected chi connectivity index (χ4v) is 2.41. The standard InChI is InChI=1S/C19H23N5O/c1-14-19(23-17-7-5-4-6-16(17)22-14)21-13-15-8-9-20-18(12-15)25-11-10-24(2)3/h4-9,12H,10-11,13H2,1-3H3,(H,21,23). The molecule has 0 amide bonds. The number of aryl methyl sites for hydroxylation is 1. The zero-order valence-corrected chi connectivity index (χ0v) is 14.9. The molecule has 3 rings (SSSR count). The van der Waals surface area contributed by atoms with Crippen LogP contribution in [0.5, 0.6) is 5.88 Å². The van der Waals surface area contributed by atoms with E-state index in [1.807, 2.05) is 57.4 Å². The van der Waals surface area contributed by atoms with Gasteiger partial charge in [0, 0.05) is 25.4 Å². The lowest BCUT2D eigenvalue weighted by atomic mass is 10.2. The molecule has 0 aliphatic carbocycles. The van der Waals surface area contributed by atoms with Crippen molar-refractivity contribution in [3.63, 3.8) is 0 Å². The van der Waals surface area contributed by atoms with Gasteiger partial charge in [0.25, 0.3) is 0 Å². The van der Waals surface area contributed by atoms with Crippen LogP contribution >= 0.6 is 0 Å². The van der Waals surface area contributed by atoms with Gasteiger partial charge in [-0.05, 0) is 44.8 Å². The van der Waals surface area contributed by atoms with Gasteiger partial charge in [0.15, 0.2) is 0 Å². The van der Waals surface area contributed by atoms with Crippen molar-refractivity contribution in [2.75, 3.05) is 32.6 Å². The Morgan fingerprint density at radius 1 is 1.08 bits per heavy atom. The first-order valence-corrected chi connectivity index (χ1v) is 8.31. The molecule has 0 bridgehead atoms. The molecule has 1 aromatic carbocycles. The van der Waals surface area contributed by atoms with Gasteiger partial charge < -0.3 is 15.0 Å². The molecule has 0 aliphatic rings. The van der Waals surface area contributed by atoms with Crippen LogP contribution < -0.4 is 10.1 Å². The van der Waals surface area contributed by atoms with Gasteiger partial charge in [0.05, 0.1) is 16.7 Å². The molecule has 6 nitrogen and oxygen atoms in total. The lowest BCUT2D eigenvalue weighted by molar-refractivity contribution is 0.253. The van der Waals surface area contributed by atoms with Crippen LogP contribution in [0.15, 0.2) is 42.6 Å². The number of ether oxygens (including phenoxy) is 1. The molecule has 0 saturated carbocycles. The van der Waals surface area contributed by atoms with Gasteiger partial charge in [0.2, 0.25) is 5.88 Å². The van der Waals surface area contributed by atoms with Crippen LogP contribution in [0.4, 0.5) is 5.82 Å². The number of para-hydroxylation sites is 2. The van der Waals surface area contributed by atoms with Crippen molar-refractivity contribution < 1.29 is 4.74 Å². The van der Waals surface area contributed by atoms with Crippen molar-refractivity contribution in [1.29, 1.82) is 0 Å². The molecule has 2 aromatic heterocycles. The molecule has 130 valence electrons. The van der Waals surface area contributed by atoms with Crippen LogP contribution in [0.2, 0.25) is 0 Å². The number of aromatic nitrogens is 3. The van der Waals surface area contributed by atoms with E-state index in [1.165, 1.54) is 0 Å².